The van der Waals surface area contributed by atoms with Crippen molar-refractivity contribution >= 4 is 28.6 Å². The van der Waals surface area contributed by atoms with Crippen LogP contribution in [-0.2, 0) is 11.3 Å². The van der Waals surface area contributed by atoms with Crippen LogP contribution in [0.3, 0.4) is 0 Å². The highest BCUT2D eigenvalue weighted by atomic mass is 32.1. The second-order valence-electron chi connectivity index (χ2n) is 8.51. The third-order valence-electron chi connectivity index (χ3n) is 6.03. The standard InChI is InChI=1S/C25H27N5O2S/c1-16-26-15-23(33-16)17-3-4-18-14-27-29-24(22(18)13-17)25(31)28-19-5-7-20(8-6-19)32-21-9-11-30(2)12-10-21/h3-8,13,15,21,27H,9-12,14H2,1-2H3,(H,28,31). The number of carbonyl (C=O) groups is 1. The molecule has 33 heavy (non-hydrogen) atoms. The highest BCUT2D eigenvalue weighted by molar-refractivity contribution is 7.15. The first-order valence-corrected chi connectivity index (χ1v) is 12.0. The molecule has 2 N–H and O–H groups in total. The van der Waals surface area contributed by atoms with E-state index in [9.17, 15) is 4.79 Å². The molecule has 3 heterocycles. The van der Waals surface area contributed by atoms with Crippen LogP contribution < -0.4 is 15.5 Å². The Morgan fingerprint density at radius 3 is 2.70 bits per heavy atom. The monoisotopic (exact) mass is 461 g/mol. The summed E-state index contributed by atoms with van der Waals surface area (Å²) < 4.78 is 6.11. The van der Waals surface area contributed by atoms with E-state index < -0.39 is 0 Å². The number of nitrogens with zero attached hydrogens (tertiary/aromatic N) is 3. The molecule has 1 fully saturated rings. The van der Waals surface area contributed by atoms with Crippen LogP contribution in [0.1, 0.15) is 29.0 Å². The van der Waals surface area contributed by atoms with Gasteiger partial charge in [-0.15, -0.1) is 11.3 Å². The maximum absolute atomic E-state index is 13.1. The number of aryl methyl sites for hydroxylation is 1. The van der Waals surface area contributed by atoms with Crippen LogP contribution in [0.2, 0.25) is 0 Å². The second-order valence-corrected chi connectivity index (χ2v) is 9.74. The quantitative estimate of drug-likeness (QED) is 0.600. The third-order valence-corrected chi connectivity index (χ3v) is 6.99. The normalized spacial score (nSPS) is 16.5. The fourth-order valence-electron chi connectivity index (χ4n) is 4.14. The molecule has 2 aliphatic rings. The molecule has 3 aromatic rings. The number of ether oxygens (including phenoxy) is 1. The molecule has 1 saturated heterocycles. The van der Waals surface area contributed by atoms with Gasteiger partial charge in [0.15, 0.2) is 5.71 Å². The minimum absolute atomic E-state index is 0.245. The second kappa shape index (κ2) is 9.33. The number of carbonyl (C=O) groups excluding carboxylic acids is 1. The lowest BCUT2D eigenvalue weighted by atomic mass is 9.98. The highest BCUT2D eigenvalue weighted by Gasteiger charge is 2.22. The first kappa shape index (κ1) is 21.6. The van der Waals surface area contributed by atoms with Gasteiger partial charge >= 0.3 is 0 Å². The van der Waals surface area contributed by atoms with Crippen LogP contribution >= 0.6 is 11.3 Å². The van der Waals surface area contributed by atoms with E-state index in [4.69, 9.17) is 4.74 Å². The summed E-state index contributed by atoms with van der Waals surface area (Å²) in [6, 6.07) is 13.7. The maximum atomic E-state index is 13.1. The van der Waals surface area contributed by atoms with Crippen LogP contribution in [-0.4, -0.2) is 47.7 Å². The van der Waals surface area contributed by atoms with Gasteiger partial charge in [0.2, 0.25) is 0 Å². The molecule has 8 heteroatoms. The minimum atomic E-state index is -0.245. The van der Waals surface area contributed by atoms with Crippen LogP contribution in [0, 0.1) is 6.92 Å². The van der Waals surface area contributed by atoms with Crippen LogP contribution in [0.25, 0.3) is 10.4 Å². The zero-order valence-electron chi connectivity index (χ0n) is 18.8. The topological polar surface area (TPSA) is 78.8 Å². The summed E-state index contributed by atoms with van der Waals surface area (Å²) in [5.41, 5.74) is 6.99. The number of benzene rings is 2. The van der Waals surface area contributed by atoms with E-state index in [1.54, 1.807) is 11.3 Å². The molecule has 1 amide bonds. The van der Waals surface area contributed by atoms with Gasteiger partial charge in [-0.3, -0.25) is 4.79 Å². The van der Waals surface area contributed by atoms with Crippen molar-refractivity contribution in [2.45, 2.75) is 32.4 Å². The molecule has 5 rings (SSSR count). The van der Waals surface area contributed by atoms with Crippen LogP contribution in [0.4, 0.5) is 5.69 Å². The first-order chi connectivity index (χ1) is 16.0. The van der Waals surface area contributed by atoms with Crippen molar-refractivity contribution in [1.82, 2.24) is 15.3 Å². The number of hydrogen-bond acceptors (Lipinski definition) is 7. The zero-order valence-corrected chi connectivity index (χ0v) is 19.6. The molecular formula is C25H27N5O2S. The van der Waals surface area contributed by atoms with Gasteiger partial charge in [0, 0.05) is 30.5 Å². The summed E-state index contributed by atoms with van der Waals surface area (Å²) in [5.74, 6) is 0.583. The Bertz CT molecular complexity index is 1180. The van der Waals surface area contributed by atoms with Gasteiger partial charge in [-0.25, -0.2) is 4.98 Å². The average molecular weight is 462 g/mol. The SMILES string of the molecule is Cc1ncc(-c2ccc3c(c2)C(C(=O)Nc2ccc(OC4CCN(C)CC4)cc2)=NNC3)s1. The summed E-state index contributed by atoms with van der Waals surface area (Å²) in [6.45, 7) is 4.69. The van der Waals surface area contributed by atoms with Gasteiger partial charge in [0.25, 0.3) is 5.91 Å². The number of rotatable bonds is 5. The molecule has 2 aromatic carbocycles. The fourth-order valence-corrected chi connectivity index (χ4v) is 4.91. The van der Waals surface area contributed by atoms with Crippen molar-refractivity contribution in [2.24, 2.45) is 5.10 Å². The van der Waals surface area contributed by atoms with Crippen molar-refractivity contribution in [2.75, 3.05) is 25.5 Å². The lowest BCUT2D eigenvalue weighted by Crippen LogP contribution is -2.35. The highest BCUT2D eigenvalue weighted by Crippen LogP contribution is 2.29. The molecule has 0 spiro atoms. The summed E-state index contributed by atoms with van der Waals surface area (Å²) >= 11 is 1.64. The van der Waals surface area contributed by atoms with E-state index >= 15 is 0 Å². The Morgan fingerprint density at radius 1 is 1.18 bits per heavy atom. The van der Waals surface area contributed by atoms with E-state index in [-0.39, 0.29) is 12.0 Å². The average Bonchev–Trinajstić information content (AvgIpc) is 3.27. The van der Waals surface area contributed by atoms with Crippen molar-refractivity contribution in [3.63, 3.8) is 0 Å². The minimum Gasteiger partial charge on any atom is -0.490 e. The predicted molar refractivity (Wildman–Crippen MR) is 132 cm³/mol. The van der Waals surface area contributed by atoms with Crippen LogP contribution in [0.15, 0.2) is 53.8 Å². The molecule has 2 aliphatic heterocycles. The van der Waals surface area contributed by atoms with Gasteiger partial charge in [0.05, 0.1) is 16.4 Å². The zero-order chi connectivity index (χ0) is 22.8. The molecule has 7 nitrogen and oxygen atoms in total. The number of fused-ring (bicyclic) bond motifs is 1. The molecule has 0 radical (unpaired) electrons. The first-order valence-electron chi connectivity index (χ1n) is 11.2. The number of likely N-dealkylation sites (tertiary alicyclic amines) is 1. The van der Waals surface area contributed by atoms with Crippen LogP contribution in [0.5, 0.6) is 5.75 Å². The third kappa shape index (κ3) is 4.91. The van der Waals surface area contributed by atoms with E-state index in [1.807, 2.05) is 49.5 Å². The molecule has 1 aromatic heterocycles. The number of hydrogen-bond donors (Lipinski definition) is 2. The lowest BCUT2D eigenvalue weighted by Gasteiger charge is -2.29. The van der Waals surface area contributed by atoms with Crippen molar-refractivity contribution in [1.29, 1.82) is 0 Å². The Hall–Kier alpha value is -3.23. The van der Waals surface area contributed by atoms with Gasteiger partial charge in [-0.2, -0.15) is 5.10 Å². The summed E-state index contributed by atoms with van der Waals surface area (Å²) in [5, 5.41) is 8.31. The molecule has 0 saturated carbocycles. The van der Waals surface area contributed by atoms with E-state index in [2.05, 4.69) is 38.8 Å². The fraction of sp³-hybridized carbons (Fsp3) is 0.320. The summed E-state index contributed by atoms with van der Waals surface area (Å²) in [4.78, 5) is 20.8. The maximum Gasteiger partial charge on any atom is 0.276 e. The van der Waals surface area contributed by atoms with Gasteiger partial charge < -0.3 is 20.4 Å². The number of anilines is 1. The number of nitrogens with one attached hydrogen (secondary N) is 2. The number of hydrazone groups is 1. The Kier molecular flexibility index (Phi) is 6.11. The smallest absolute Gasteiger partial charge is 0.276 e. The molecule has 0 unspecified atom stereocenters. The Balaban J connectivity index is 1.28. The Morgan fingerprint density at radius 2 is 1.97 bits per heavy atom. The number of thiazole rings is 1. The van der Waals surface area contributed by atoms with Gasteiger partial charge in [0.1, 0.15) is 11.9 Å². The molecule has 0 bridgehead atoms. The van der Waals surface area contributed by atoms with E-state index in [0.717, 1.165) is 58.3 Å². The number of amides is 1. The Labute approximate surface area is 197 Å². The molecule has 170 valence electrons. The number of piperidine rings is 1. The molecule has 0 atom stereocenters. The van der Waals surface area contributed by atoms with Gasteiger partial charge in [-0.05, 0) is 68.3 Å². The lowest BCUT2D eigenvalue weighted by molar-refractivity contribution is -0.110. The van der Waals surface area contributed by atoms with Gasteiger partial charge in [-0.1, -0.05) is 12.1 Å². The summed E-state index contributed by atoms with van der Waals surface area (Å²) in [6.07, 6.45) is 4.18. The molecule has 0 aliphatic carbocycles. The number of aromatic nitrogens is 1. The molecular weight excluding hydrogens is 434 g/mol. The predicted octanol–water partition coefficient (Wildman–Crippen LogP) is 4.04. The van der Waals surface area contributed by atoms with E-state index in [0.29, 0.717) is 17.9 Å². The summed E-state index contributed by atoms with van der Waals surface area (Å²) in [7, 11) is 2.14. The van der Waals surface area contributed by atoms with Crippen molar-refractivity contribution in [3.8, 4) is 16.2 Å². The largest absolute Gasteiger partial charge is 0.490 e. The van der Waals surface area contributed by atoms with E-state index in [1.165, 1.54) is 0 Å². The van der Waals surface area contributed by atoms with Crippen molar-refractivity contribution < 1.29 is 9.53 Å². The van der Waals surface area contributed by atoms with Crippen molar-refractivity contribution in [3.05, 3.63) is 64.8 Å².